The second kappa shape index (κ2) is 9.80. The Labute approximate surface area is 211 Å². The predicted molar refractivity (Wildman–Crippen MR) is 134 cm³/mol. The molecule has 0 saturated heterocycles. The molecule has 3 heterocycles. The van der Waals surface area contributed by atoms with Crippen molar-refractivity contribution in [3.8, 4) is 5.75 Å². The van der Waals surface area contributed by atoms with Gasteiger partial charge >= 0.3 is 6.03 Å². The van der Waals surface area contributed by atoms with E-state index >= 15 is 0 Å². The van der Waals surface area contributed by atoms with Gasteiger partial charge in [-0.1, -0.05) is 35.8 Å². The van der Waals surface area contributed by atoms with Crippen molar-refractivity contribution in [1.29, 1.82) is 0 Å². The molecule has 9 heteroatoms. The third-order valence-corrected chi connectivity index (χ3v) is 6.72. The molecule has 1 amide bonds. The van der Waals surface area contributed by atoms with E-state index in [1.54, 1.807) is 63.0 Å². The van der Waals surface area contributed by atoms with Gasteiger partial charge in [-0.3, -0.25) is 4.90 Å². The van der Waals surface area contributed by atoms with Gasteiger partial charge in [-0.2, -0.15) is 0 Å². The van der Waals surface area contributed by atoms with Gasteiger partial charge in [0.2, 0.25) is 0 Å². The number of amides is 1. The maximum atomic E-state index is 13.5. The van der Waals surface area contributed by atoms with Crippen molar-refractivity contribution in [2.75, 3.05) is 14.1 Å². The molecule has 4 aromatic rings. The first-order chi connectivity index (χ1) is 17.4. The highest BCUT2D eigenvalue weighted by Crippen LogP contribution is 2.25. The number of halogens is 1. The van der Waals surface area contributed by atoms with E-state index in [1.807, 2.05) is 22.8 Å². The number of aromatic nitrogens is 2. The van der Waals surface area contributed by atoms with Crippen LogP contribution in [0, 0.1) is 17.2 Å². The Morgan fingerprint density at radius 1 is 1.17 bits per heavy atom. The van der Waals surface area contributed by atoms with Crippen LogP contribution in [0.15, 0.2) is 73.2 Å². The summed E-state index contributed by atoms with van der Waals surface area (Å²) in [5.41, 5.74) is 2.75. The molecule has 0 fully saturated rings. The SMILES string of the molecule is CN(C)C(=O)[n+]1cc(C(=O)[C-]2C=[S+][C-](c3cccnc3)[NH2+]2)c2ccc(OCc3ccc(F)cc3)c[c-]21. The normalized spacial score (nSPS) is 12.9. The molecule has 7 nitrogen and oxygen atoms in total. The van der Waals surface area contributed by atoms with Crippen LogP contribution in [0.25, 0.3) is 10.9 Å². The van der Waals surface area contributed by atoms with Crippen molar-refractivity contribution in [2.24, 2.45) is 0 Å². The number of quaternary nitrogens is 1. The van der Waals surface area contributed by atoms with Gasteiger partial charge in [-0.15, -0.1) is 12.1 Å². The minimum atomic E-state index is -0.310. The van der Waals surface area contributed by atoms with Gasteiger partial charge in [0.05, 0.1) is 31.4 Å². The summed E-state index contributed by atoms with van der Waals surface area (Å²) in [7, 11) is 3.31. The zero-order chi connectivity index (χ0) is 25.2. The summed E-state index contributed by atoms with van der Waals surface area (Å²) < 4.78 is 20.5. The van der Waals surface area contributed by atoms with E-state index in [9.17, 15) is 14.0 Å². The van der Waals surface area contributed by atoms with Crippen molar-refractivity contribution >= 4 is 39.4 Å². The van der Waals surface area contributed by atoms with Crippen LogP contribution < -0.4 is 14.6 Å². The molecule has 2 aromatic carbocycles. The average molecular weight is 503 g/mol. The van der Waals surface area contributed by atoms with Crippen LogP contribution in [-0.4, -0.2) is 41.2 Å². The molecule has 2 N–H and O–H groups in total. The molecular formula is C27H23FN4O3S. The maximum absolute atomic E-state index is 13.5. The van der Waals surface area contributed by atoms with E-state index in [2.05, 4.69) is 4.98 Å². The number of carbonyl (C=O) groups excluding carboxylic acids is 2. The van der Waals surface area contributed by atoms with E-state index in [1.165, 1.54) is 33.0 Å². The minimum absolute atomic E-state index is 0.170. The quantitative estimate of drug-likeness (QED) is 0.144. The molecule has 0 atom stereocenters. The van der Waals surface area contributed by atoms with Crippen LogP contribution in [0.4, 0.5) is 9.18 Å². The fourth-order valence-corrected chi connectivity index (χ4v) is 4.75. The summed E-state index contributed by atoms with van der Waals surface area (Å²) >= 11 is 1.47. The lowest BCUT2D eigenvalue weighted by molar-refractivity contribution is -0.580. The largest absolute Gasteiger partial charge is 0.518 e. The van der Waals surface area contributed by atoms with Crippen molar-refractivity contribution < 1.29 is 28.6 Å². The molecule has 0 unspecified atom stereocenters. The molecular weight excluding hydrogens is 479 g/mol. The van der Waals surface area contributed by atoms with E-state index in [0.717, 1.165) is 16.5 Å². The summed E-state index contributed by atoms with van der Waals surface area (Å²) in [5.74, 6) is 0.0540. The van der Waals surface area contributed by atoms with Gasteiger partial charge in [0.1, 0.15) is 18.2 Å². The average Bonchev–Trinajstić information content (AvgIpc) is 3.53. The highest BCUT2D eigenvalue weighted by atomic mass is 32.1. The fraction of sp³-hybridized carbons (Fsp3) is 0.111. The number of carbonyl (C=O) groups is 2. The predicted octanol–water partition coefficient (Wildman–Crippen LogP) is 2.20. The Morgan fingerprint density at radius 3 is 2.69 bits per heavy atom. The maximum Gasteiger partial charge on any atom is 0.441 e. The van der Waals surface area contributed by atoms with Crippen molar-refractivity contribution in [3.63, 3.8) is 0 Å². The van der Waals surface area contributed by atoms with Crippen LogP contribution >= 0.6 is 0 Å². The van der Waals surface area contributed by atoms with Crippen LogP contribution in [0.1, 0.15) is 21.5 Å². The topological polar surface area (TPSA) is 80.0 Å². The number of rotatable bonds is 6. The standard InChI is InChI=1S/C27H23FN4O3S/c1-31(2)27(34)32-14-22(25(33)23-16-36-26(30-23)18-4-3-11-29-13-18)21-10-9-20(12-24(21)32)35-15-17-5-7-19(28)8-6-17/h3-14,16H,15,30H2,1-2H3. The molecule has 0 aliphatic carbocycles. The first-order valence-corrected chi connectivity index (χ1v) is 12.1. The van der Waals surface area contributed by atoms with E-state index in [-0.39, 0.29) is 24.2 Å². The smallest absolute Gasteiger partial charge is 0.441 e. The van der Waals surface area contributed by atoms with Gasteiger partial charge in [0, 0.05) is 6.20 Å². The number of hydrogen-bond donors (Lipinski definition) is 1. The Hall–Kier alpha value is -4.21. The first kappa shape index (κ1) is 23.5. The van der Waals surface area contributed by atoms with E-state index in [4.69, 9.17) is 4.74 Å². The zero-order valence-electron chi connectivity index (χ0n) is 19.6. The summed E-state index contributed by atoms with van der Waals surface area (Å²) in [6.45, 7) is 0.242. The van der Waals surface area contributed by atoms with Gasteiger partial charge in [0.25, 0.3) is 5.37 Å². The number of hydrogen-bond acceptors (Lipinski definition) is 4. The first-order valence-electron chi connectivity index (χ1n) is 11.2. The van der Waals surface area contributed by atoms with Crippen LogP contribution in [0.2, 0.25) is 0 Å². The second-order valence-electron chi connectivity index (χ2n) is 8.45. The lowest BCUT2D eigenvalue weighted by Gasteiger charge is -2.13. The molecule has 0 saturated carbocycles. The number of ketones is 1. The van der Waals surface area contributed by atoms with Gasteiger partial charge in [-0.05, 0) is 41.1 Å². The number of Topliss-reactive ketones (excluding diaryl/α,β-unsaturated/α-hetero) is 1. The fourth-order valence-electron chi connectivity index (χ4n) is 3.87. The zero-order valence-corrected chi connectivity index (χ0v) is 20.5. The van der Waals surface area contributed by atoms with Crippen LogP contribution in [-0.2, 0) is 18.0 Å². The van der Waals surface area contributed by atoms with E-state index in [0.29, 0.717) is 28.3 Å². The molecule has 182 valence electrons. The molecule has 0 spiro atoms. The summed E-state index contributed by atoms with van der Waals surface area (Å²) in [6.07, 6.45) is 5.05. The van der Waals surface area contributed by atoms with E-state index < -0.39 is 0 Å². The van der Waals surface area contributed by atoms with Gasteiger partial charge in [-0.25, -0.2) is 13.8 Å². The van der Waals surface area contributed by atoms with Crippen molar-refractivity contribution in [3.05, 3.63) is 107 Å². The number of fused-ring (bicyclic) bond motifs is 1. The summed E-state index contributed by atoms with van der Waals surface area (Å²) in [4.78, 5) is 32.1. The lowest BCUT2D eigenvalue weighted by Crippen LogP contribution is -2.86. The van der Waals surface area contributed by atoms with Gasteiger partial charge in [0.15, 0.2) is 16.7 Å². The number of ether oxygens (including phenoxy) is 1. The lowest BCUT2D eigenvalue weighted by atomic mass is 10.0. The molecule has 0 bridgehead atoms. The monoisotopic (exact) mass is 502 g/mol. The van der Waals surface area contributed by atoms with Crippen LogP contribution in [0.5, 0.6) is 5.75 Å². The molecule has 0 radical (unpaired) electrons. The Bertz CT molecular complexity index is 1450. The molecule has 36 heavy (non-hydrogen) atoms. The molecule has 2 aromatic heterocycles. The highest BCUT2D eigenvalue weighted by Gasteiger charge is 2.33. The summed E-state index contributed by atoms with van der Waals surface area (Å²) in [5, 5.41) is 5.26. The van der Waals surface area contributed by atoms with Crippen LogP contribution in [0.3, 0.4) is 0 Å². The van der Waals surface area contributed by atoms with Gasteiger partial charge < -0.3 is 19.8 Å². The minimum Gasteiger partial charge on any atom is -0.518 e. The Kier molecular flexibility index (Phi) is 6.41. The Balaban J connectivity index is 1.43. The summed E-state index contributed by atoms with van der Waals surface area (Å²) in [6, 6.07) is 15.4. The third kappa shape index (κ3) is 4.66. The highest BCUT2D eigenvalue weighted by molar-refractivity contribution is 7.81. The second-order valence-corrected chi connectivity index (χ2v) is 9.37. The molecule has 5 rings (SSSR count). The third-order valence-electron chi connectivity index (χ3n) is 5.74. The Morgan fingerprint density at radius 2 is 1.97 bits per heavy atom. The van der Waals surface area contributed by atoms with Crippen molar-refractivity contribution in [1.82, 2.24) is 9.88 Å². The molecule has 1 aliphatic rings. The number of benzene rings is 2. The number of nitrogens with zero attached hydrogens (tertiary/aromatic N) is 3. The van der Waals surface area contributed by atoms with Crippen molar-refractivity contribution in [2.45, 2.75) is 6.61 Å². The molecule has 1 aliphatic heterocycles. The number of nitrogens with two attached hydrogens (primary N) is 1. The number of pyridine rings is 1.